The minimum atomic E-state index is -4.86. The second-order valence-corrected chi connectivity index (χ2v) is 25.0. The fourth-order valence-electron chi connectivity index (χ4n) is 9.60. The van der Waals surface area contributed by atoms with Crippen LogP contribution in [0.4, 0.5) is 0 Å². The summed E-state index contributed by atoms with van der Waals surface area (Å²) in [4.78, 5) is 10.4. The molecule has 0 radical (unpaired) electrons. The largest absolute Gasteiger partial charge is 0.474 e. The zero-order valence-corrected chi connectivity index (χ0v) is 53.3. The third-order valence-corrected chi connectivity index (χ3v) is 16.2. The maximum atomic E-state index is 12.8. The molecule has 0 bridgehead atoms. The first-order valence-corrected chi connectivity index (χ1v) is 31.8. The van der Waals surface area contributed by atoms with E-state index in [-0.39, 0.29) is 6.61 Å². The smallest absolute Gasteiger partial charge is 0.394 e. The Morgan fingerprint density at radius 2 is 0.659 bits per heavy atom. The summed E-state index contributed by atoms with van der Waals surface area (Å²) in [5.41, 5.74) is 15.4. The van der Waals surface area contributed by atoms with E-state index in [0.29, 0.717) is 6.42 Å². The molecule has 8 N–H and O–H groups in total. The van der Waals surface area contributed by atoms with Crippen LogP contribution in [0, 0.1) is 0 Å². The standard InChI is InChI=1S/C67H111O14P/c1-47(2)23-13-24-48(3)25-14-26-49(4)27-15-28-50(5)29-16-30-51(6)31-17-32-52(7)33-18-34-53(8)35-19-36-54(9)37-20-38-55(10)39-21-40-56(11)41-22-42-57(12)43-44-77-82(75,76)81-67-64(74)62(72)65(59(46-69)79-67)80-66-63(73)61(71)60(70)58(45-68)78-66/h23,25,27,29,31,33,35,37,39,41,43,58-74H,13-22,24,26,28,30,32,34,36,38,40,42,44-46H2,1-12H3,(H,75,76)/b48-25+,49-27+,50-29+,51-31+,52-33+,53-35+,54-37+,55-39+,56-41+,57-43+/t58-,59-,60+,61+,62-,63-,64-,65-,66+,67-/m1/s1. The van der Waals surface area contributed by atoms with Gasteiger partial charge in [-0.1, -0.05) is 128 Å². The summed E-state index contributed by atoms with van der Waals surface area (Å²) in [5, 5.41) is 71.3. The SMILES string of the molecule is CC(C)=CCC/C(C)=C/CC/C(C)=C/CC/C(C)=C/CC/C(C)=C/CC/C(C)=C/CC/C(C)=C/CC/C(C)=C/CC/C(C)=C/CC/C(C)=C/CC/C(C)=C/COP(=O)(O)O[C@H]1O[C@H](CO)[C@@H](O[C@@H]2O[C@H](CO)[C@H](O)[C@H](O)[C@H]2O)[C@H](O)[C@H]1O. The highest BCUT2D eigenvalue weighted by Gasteiger charge is 2.52. The fraction of sp³-hybridized carbons (Fsp3) is 0.672. The Kier molecular flexibility index (Phi) is 38.2. The van der Waals surface area contributed by atoms with Gasteiger partial charge in [0.1, 0.15) is 48.8 Å². The Bertz CT molecular complexity index is 2250. The predicted octanol–water partition coefficient (Wildman–Crippen LogP) is 14.0. The van der Waals surface area contributed by atoms with Crippen molar-refractivity contribution in [2.45, 2.75) is 273 Å². The normalized spacial score (nSPS) is 26.1. The van der Waals surface area contributed by atoms with Gasteiger partial charge in [-0.15, -0.1) is 0 Å². The van der Waals surface area contributed by atoms with Gasteiger partial charge in [0.15, 0.2) is 12.6 Å². The number of aliphatic hydroxyl groups is 7. The minimum Gasteiger partial charge on any atom is -0.394 e. The molecule has 0 amide bonds. The molecule has 0 saturated carbocycles. The molecule has 0 aliphatic carbocycles. The second kappa shape index (κ2) is 41.8. The highest BCUT2D eigenvalue weighted by molar-refractivity contribution is 7.47. The summed E-state index contributed by atoms with van der Waals surface area (Å²) in [6.45, 7) is 24.6. The van der Waals surface area contributed by atoms with Crippen molar-refractivity contribution in [1.82, 2.24) is 0 Å². The molecule has 0 aromatic rings. The number of hydrogen-bond donors (Lipinski definition) is 8. The first kappa shape index (κ1) is 74.9. The molecule has 2 heterocycles. The third kappa shape index (κ3) is 32.4. The van der Waals surface area contributed by atoms with Gasteiger partial charge in [0.05, 0.1) is 19.8 Å². The van der Waals surface area contributed by atoms with Crippen LogP contribution in [-0.2, 0) is 27.8 Å². The zero-order chi connectivity index (χ0) is 61.2. The number of phosphoric ester groups is 1. The molecular formula is C67H111O14P. The van der Waals surface area contributed by atoms with Crippen molar-refractivity contribution < 1.29 is 68.5 Å². The van der Waals surface area contributed by atoms with E-state index in [1.807, 2.05) is 6.92 Å². The summed E-state index contributed by atoms with van der Waals surface area (Å²) in [7, 11) is -4.86. The lowest BCUT2D eigenvalue weighted by Crippen LogP contribution is -2.64. The van der Waals surface area contributed by atoms with E-state index in [1.54, 1.807) is 6.08 Å². The average Bonchev–Trinajstić information content (AvgIpc) is 3.61. The van der Waals surface area contributed by atoms with Crippen molar-refractivity contribution in [1.29, 1.82) is 0 Å². The lowest BCUT2D eigenvalue weighted by Gasteiger charge is -2.45. The van der Waals surface area contributed by atoms with E-state index in [9.17, 15) is 45.2 Å². The topological polar surface area (TPSA) is 225 Å². The summed E-state index contributed by atoms with van der Waals surface area (Å²) >= 11 is 0. The van der Waals surface area contributed by atoms with Gasteiger partial charge >= 0.3 is 7.82 Å². The highest BCUT2D eigenvalue weighted by atomic mass is 31.2. The Balaban J connectivity index is 1.61. The molecule has 468 valence electrons. The minimum absolute atomic E-state index is 0.290. The lowest BCUT2D eigenvalue weighted by molar-refractivity contribution is -0.353. The molecule has 2 rings (SSSR count). The maximum Gasteiger partial charge on any atom is 0.474 e. The molecule has 0 aromatic heterocycles. The van der Waals surface area contributed by atoms with Gasteiger partial charge in [-0.05, 0) is 212 Å². The van der Waals surface area contributed by atoms with Crippen molar-refractivity contribution in [3.63, 3.8) is 0 Å². The van der Waals surface area contributed by atoms with Crippen molar-refractivity contribution >= 4 is 7.82 Å². The molecule has 15 heteroatoms. The first-order valence-electron chi connectivity index (χ1n) is 30.3. The van der Waals surface area contributed by atoms with Gasteiger partial charge in [0.2, 0.25) is 0 Å². The van der Waals surface area contributed by atoms with Gasteiger partial charge in [-0.25, -0.2) is 4.57 Å². The monoisotopic (exact) mass is 1170 g/mol. The highest BCUT2D eigenvalue weighted by Crippen LogP contribution is 2.47. The molecule has 0 spiro atoms. The Morgan fingerprint density at radius 1 is 0.378 bits per heavy atom. The number of ether oxygens (including phenoxy) is 3. The van der Waals surface area contributed by atoms with Crippen LogP contribution >= 0.6 is 7.82 Å². The van der Waals surface area contributed by atoms with Crippen LogP contribution in [-0.4, -0.2) is 122 Å². The van der Waals surface area contributed by atoms with Gasteiger partial charge in [0.25, 0.3) is 0 Å². The van der Waals surface area contributed by atoms with E-state index >= 15 is 0 Å². The molecule has 1 unspecified atom stereocenters. The molecule has 2 aliphatic rings. The molecule has 11 atom stereocenters. The summed E-state index contributed by atoms with van der Waals surface area (Å²) < 4.78 is 39.1. The molecule has 2 aliphatic heterocycles. The van der Waals surface area contributed by atoms with Crippen LogP contribution in [0.3, 0.4) is 0 Å². The average molecular weight is 1170 g/mol. The molecule has 82 heavy (non-hydrogen) atoms. The van der Waals surface area contributed by atoms with Crippen molar-refractivity contribution in [2.24, 2.45) is 0 Å². The first-order chi connectivity index (χ1) is 38.9. The molecule has 2 saturated heterocycles. The van der Waals surface area contributed by atoms with E-state index < -0.39 is 82.4 Å². The number of hydrogen-bond acceptors (Lipinski definition) is 13. The van der Waals surface area contributed by atoms with Crippen LogP contribution in [0.2, 0.25) is 0 Å². The van der Waals surface area contributed by atoms with Crippen LogP contribution in [0.1, 0.15) is 212 Å². The third-order valence-electron chi connectivity index (χ3n) is 15.2. The number of aliphatic hydroxyl groups excluding tert-OH is 7. The van der Waals surface area contributed by atoms with Crippen LogP contribution < -0.4 is 0 Å². The molecule has 2 fully saturated rings. The van der Waals surface area contributed by atoms with Gasteiger partial charge < -0.3 is 54.8 Å². The van der Waals surface area contributed by atoms with Crippen LogP contribution in [0.5, 0.6) is 0 Å². The van der Waals surface area contributed by atoms with E-state index in [1.165, 1.54) is 62.2 Å². The molecule has 0 aromatic carbocycles. The number of allylic oxidation sites excluding steroid dienone is 21. The number of rotatable bonds is 39. The summed E-state index contributed by atoms with van der Waals surface area (Å²) in [6.07, 6.45) is 29.5. The summed E-state index contributed by atoms with van der Waals surface area (Å²) in [6, 6.07) is 0. The Morgan fingerprint density at radius 3 is 0.963 bits per heavy atom. The molecular weight excluding hydrogens is 1060 g/mol. The van der Waals surface area contributed by atoms with Gasteiger partial charge in [-0.2, -0.15) is 0 Å². The quantitative estimate of drug-likeness (QED) is 0.0212. The van der Waals surface area contributed by atoms with Crippen molar-refractivity contribution in [2.75, 3.05) is 19.8 Å². The van der Waals surface area contributed by atoms with Gasteiger partial charge in [0, 0.05) is 0 Å². The lowest BCUT2D eigenvalue weighted by atomic mass is 9.97. The zero-order valence-electron chi connectivity index (χ0n) is 52.4. The van der Waals surface area contributed by atoms with Gasteiger partial charge in [-0.3, -0.25) is 9.05 Å². The summed E-state index contributed by atoms with van der Waals surface area (Å²) in [5.74, 6) is 0. The van der Waals surface area contributed by atoms with E-state index in [2.05, 4.69) is 137 Å². The van der Waals surface area contributed by atoms with Crippen LogP contribution in [0.15, 0.2) is 128 Å². The van der Waals surface area contributed by atoms with E-state index in [0.717, 1.165) is 121 Å². The van der Waals surface area contributed by atoms with Crippen molar-refractivity contribution in [3.05, 3.63) is 128 Å². The number of phosphoric acid groups is 1. The maximum absolute atomic E-state index is 12.8. The van der Waals surface area contributed by atoms with Crippen LogP contribution in [0.25, 0.3) is 0 Å². The molecule has 14 nitrogen and oxygen atoms in total. The van der Waals surface area contributed by atoms with Crippen molar-refractivity contribution in [3.8, 4) is 0 Å². The second-order valence-electron chi connectivity index (χ2n) is 23.5. The predicted molar refractivity (Wildman–Crippen MR) is 333 cm³/mol. The fourth-order valence-corrected chi connectivity index (χ4v) is 10.4. The van der Waals surface area contributed by atoms with E-state index in [4.69, 9.17) is 23.3 Å². The Labute approximate surface area is 495 Å². The Hall–Kier alpha value is -3.15.